The number of carboxylic acid groups (broad SMARTS) is 1. The number of ether oxygens (including phenoxy) is 1. The second-order valence-electron chi connectivity index (χ2n) is 2.76. The molecule has 0 aliphatic carbocycles. The summed E-state index contributed by atoms with van der Waals surface area (Å²) in [6, 6.07) is 0. The minimum Gasteiger partial charge on any atom is -0.450 e. The average molecular weight is 185 g/mol. The first-order valence-electron chi connectivity index (χ1n) is 3.98. The predicted molar refractivity (Wildman–Crippen MR) is 44.3 cm³/mol. The quantitative estimate of drug-likeness (QED) is 0.545. The zero-order valence-electron chi connectivity index (χ0n) is 7.73. The molecular weight excluding hydrogens is 172 g/mol. The van der Waals surface area contributed by atoms with E-state index in [9.17, 15) is 4.79 Å². The third-order valence-electron chi connectivity index (χ3n) is 1.95. The van der Waals surface area contributed by atoms with Gasteiger partial charge in [0.05, 0.1) is 7.05 Å². The van der Waals surface area contributed by atoms with Crippen molar-refractivity contribution in [3.63, 3.8) is 0 Å². The molecule has 0 aliphatic heterocycles. The standard InChI is InChI=1S/C8H12N2O3/c1-7-9(2)3-4-10(7)5-6-13-8(11)12/h3-4H,5-6H2,1-2H3/p+1. The summed E-state index contributed by atoms with van der Waals surface area (Å²) in [5.41, 5.74) is 0. The van der Waals surface area contributed by atoms with Crippen LogP contribution in [0.15, 0.2) is 12.4 Å². The summed E-state index contributed by atoms with van der Waals surface area (Å²) in [6.07, 6.45) is 2.57. The Balaban J connectivity index is 2.45. The summed E-state index contributed by atoms with van der Waals surface area (Å²) in [4.78, 5) is 10.0. The van der Waals surface area contributed by atoms with Crippen LogP contribution in [0.25, 0.3) is 0 Å². The number of rotatable bonds is 3. The molecule has 0 bridgehead atoms. The number of carbonyl (C=O) groups is 1. The Hall–Kier alpha value is -1.52. The van der Waals surface area contributed by atoms with Gasteiger partial charge >= 0.3 is 6.16 Å². The Morgan fingerprint density at radius 3 is 2.92 bits per heavy atom. The summed E-state index contributed by atoms with van der Waals surface area (Å²) >= 11 is 0. The Morgan fingerprint density at radius 1 is 1.77 bits per heavy atom. The van der Waals surface area contributed by atoms with Crippen LogP contribution in [0, 0.1) is 6.92 Å². The topological polar surface area (TPSA) is 55.3 Å². The van der Waals surface area contributed by atoms with Crippen molar-refractivity contribution in [3.8, 4) is 0 Å². The van der Waals surface area contributed by atoms with E-state index >= 15 is 0 Å². The van der Waals surface area contributed by atoms with Crippen LogP contribution >= 0.6 is 0 Å². The van der Waals surface area contributed by atoms with Crippen LogP contribution in [0.2, 0.25) is 0 Å². The lowest BCUT2D eigenvalue weighted by Crippen LogP contribution is -2.30. The second-order valence-corrected chi connectivity index (χ2v) is 2.76. The van der Waals surface area contributed by atoms with E-state index < -0.39 is 6.16 Å². The average Bonchev–Trinajstić information content (AvgIpc) is 2.35. The maximum absolute atomic E-state index is 10.0. The van der Waals surface area contributed by atoms with Crippen molar-refractivity contribution < 1.29 is 19.2 Å². The van der Waals surface area contributed by atoms with Gasteiger partial charge in [-0.3, -0.25) is 0 Å². The monoisotopic (exact) mass is 185 g/mol. The summed E-state index contributed by atoms with van der Waals surface area (Å²) in [7, 11) is 1.93. The molecule has 5 heteroatoms. The molecule has 5 nitrogen and oxygen atoms in total. The van der Waals surface area contributed by atoms with Crippen molar-refractivity contribution in [3.05, 3.63) is 18.2 Å². The van der Waals surface area contributed by atoms with Crippen molar-refractivity contribution in [1.29, 1.82) is 0 Å². The van der Waals surface area contributed by atoms with E-state index in [4.69, 9.17) is 5.11 Å². The second kappa shape index (κ2) is 3.93. The lowest BCUT2D eigenvalue weighted by atomic mass is 10.6. The molecule has 0 unspecified atom stereocenters. The molecule has 0 amide bonds. The van der Waals surface area contributed by atoms with E-state index in [-0.39, 0.29) is 6.61 Å². The Labute approximate surface area is 76.2 Å². The molecule has 72 valence electrons. The molecule has 0 saturated carbocycles. The molecular formula is C8H13N2O3+. The zero-order valence-corrected chi connectivity index (χ0v) is 7.73. The van der Waals surface area contributed by atoms with Crippen LogP contribution in [0.4, 0.5) is 4.79 Å². The van der Waals surface area contributed by atoms with Crippen LogP contribution in [0.3, 0.4) is 0 Å². The first-order valence-corrected chi connectivity index (χ1v) is 3.98. The van der Waals surface area contributed by atoms with Crippen molar-refractivity contribution in [2.45, 2.75) is 13.5 Å². The lowest BCUT2D eigenvalue weighted by Gasteiger charge is -1.98. The van der Waals surface area contributed by atoms with E-state index in [1.807, 2.05) is 35.5 Å². The van der Waals surface area contributed by atoms with Gasteiger partial charge in [-0.25, -0.2) is 13.9 Å². The zero-order chi connectivity index (χ0) is 9.84. The Bertz CT molecular complexity index is 306. The van der Waals surface area contributed by atoms with Gasteiger partial charge in [-0.15, -0.1) is 0 Å². The van der Waals surface area contributed by atoms with E-state index in [2.05, 4.69) is 4.74 Å². The first-order chi connectivity index (χ1) is 6.11. The Morgan fingerprint density at radius 2 is 2.46 bits per heavy atom. The Kier molecular flexibility index (Phi) is 2.89. The first kappa shape index (κ1) is 9.57. The molecule has 1 N–H and O–H groups in total. The maximum Gasteiger partial charge on any atom is 0.505 e. The van der Waals surface area contributed by atoms with Crippen LogP contribution in [-0.4, -0.2) is 22.4 Å². The molecule has 0 atom stereocenters. The largest absolute Gasteiger partial charge is 0.505 e. The van der Waals surface area contributed by atoms with E-state index in [0.29, 0.717) is 6.54 Å². The minimum atomic E-state index is -1.23. The van der Waals surface area contributed by atoms with Gasteiger partial charge in [-0.1, -0.05) is 0 Å². The molecule has 1 aromatic rings. The molecule has 1 heterocycles. The molecule has 13 heavy (non-hydrogen) atoms. The van der Waals surface area contributed by atoms with Gasteiger partial charge < -0.3 is 9.84 Å². The fourth-order valence-electron chi connectivity index (χ4n) is 1.07. The lowest BCUT2D eigenvalue weighted by molar-refractivity contribution is -0.677. The van der Waals surface area contributed by atoms with Gasteiger partial charge in [0.25, 0.3) is 5.82 Å². The molecule has 0 saturated heterocycles. The SMILES string of the molecule is Cc1n(CCOC(=O)O)cc[n+]1C. The number of hydrogen-bond donors (Lipinski definition) is 1. The molecule has 0 radical (unpaired) electrons. The molecule has 1 rings (SSSR count). The smallest absolute Gasteiger partial charge is 0.450 e. The third kappa shape index (κ3) is 2.47. The molecule has 0 spiro atoms. The van der Waals surface area contributed by atoms with E-state index in [0.717, 1.165) is 5.82 Å². The van der Waals surface area contributed by atoms with Gasteiger partial charge in [-0.2, -0.15) is 0 Å². The molecule has 1 aromatic heterocycles. The number of nitrogens with zero attached hydrogens (tertiary/aromatic N) is 2. The highest BCUT2D eigenvalue weighted by atomic mass is 16.7. The fraction of sp³-hybridized carbons (Fsp3) is 0.500. The minimum absolute atomic E-state index is 0.185. The van der Waals surface area contributed by atoms with Crippen LogP contribution < -0.4 is 4.57 Å². The number of imidazole rings is 1. The normalized spacial score (nSPS) is 10.0. The van der Waals surface area contributed by atoms with Crippen molar-refractivity contribution in [2.24, 2.45) is 7.05 Å². The van der Waals surface area contributed by atoms with Gasteiger partial charge in [-0.05, 0) is 0 Å². The summed E-state index contributed by atoms with van der Waals surface area (Å²) in [5.74, 6) is 1.06. The van der Waals surface area contributed by atoms with Crippen molar-refractivity contribution in [1.82, 2.24) is 4.57 Å². The number of hydrogen-bond acceptors (Lipinski definition) is 2. The molecule has 0 aromatic carbocycles. The number of aryl methyl sites for hydroxylation is 1. The van der Waals surface area contributed by atoms with E-state index in [1.165, 1.54) is 0 Å². The highest BCUT2D eigenvalue weighted by Gasteiger charge is 2.08. The van der Waals surface area contributed by atoms with Crippen LogP contribution in [0.1, 0.15) is 5.82 Å². The van der Waals surface area contributed by atoms with E-state index in [1.54, 1.807) is 0 Å². The predicted octanol–water partition coefficient (Wildman–Crippen LogP) is 0.316. The molecule has 0 aliphatic rings. The van der Waals surface area contributed by atoms with Crippen LogP contribution in [-0.2, 0) is 18.3 Å². The van der Waals surface area contributed by atoms with Gasteiger partial charge in [0.15, 0.2) is 0 Å². The van der Waals surface area contributed by atoms with Crippen molar-refractivity contribution in [2.75, 3.05) is 6.61 Å². The summed E-state index contributed by atoms with van der Waals surface area (Å²) in [6.45, 7) is 2.70. The van der Waals surface area contributed by atoms with Crippen molar-refractivity contribution >= 4 is 6.16 Å². The van der Waals surface area contributed by atoms with Gasteiger partial charge in [0.1, 0.15) is 25.5 Å². The highest BCUT2D eigenvalue weighted by molar-refractivity contribution is 5.56. The van der Waals surface area contributed by atoms with Crippen LogP contribution in [0.5, 0.6) is 0 Å². The van der Waals surface area contributed by atoms with Gasteiger partial charge in [0, 0.05) is 6.92 Å². The number of aromatic nitrogens is 2. The summed E-state index contributed by atoms with van der Waals surface area (Å²) < 4.78 is 8.29. The maximum atomic E-state index is 10.0. The summed E-state index contributed by atoms with van der Waals surface area (Å²) in [5, 5.41) is 8.23. The highest BCUT2D eigenvalue weighted by Crippen LogP contribution is 1.92. The third-order valence-corrected chi connectivity index (χ3v) is 1.95. The van der Waals surface area contributed by atoms with Gasteiger partial charge in [0.2, 0.25) is 0 Å². The fourth-order valence-corrected chi connectivity index (χ4v) is 1.07. The molecule has 0 fully saturated rings.